The number of fused-ring (bicyclic) bond motifs is 1. The molecule has 3 fully saturated rings. The van der Waals surface area contributed by atoms with Gasteiger partial charge in [-0.3, -0.25) is 4.40 Å². The van der Waals surface area contributed by atoms with Crippen molar-refractivity contribution in [1.82, 2.24) is 29.5 Å². The van der Waals surface area contributed by atoms with Gasteiger partial charge < -0.3 is 9.64 Å². The third-order valence-electron chi connectivity index (χ3n) is 7.11. The number of alkyl halides is 4. The molecule has 1 saturated carbocycles. The van der Waals surface area contributed by atoms with Gasteiger partial charge in [0.1, 0.15) is 4.90 Å². The molecule has 3 aliphatic rings. The predicted octanol–water partition coefficient (Wildman–Crippen LogP) is 2.88. The maximum Gasteiger partial charge on any atom is 0.291 e. The number of ether oxygens (including phenoxy) is 1. The minimum Gasteiger partial charge on any atom is -0.380 e. The molecule has 1 N–H and O–H groups in total. The summed E-state index contributed by atoms with van der Waals surface area (Å²) in [6, 6.07) is 1.40. The molecule has 0 unspecified atom stereocenters. The Bertz CT molecular complexity index is 1410. The van der Waals surface area contributed by atoms with Crippen molar-refractivity contribution in [2.75, 3.05) is 31.2 Å². The van der Waals surface area contributed by atoms with E-state index in [1.807, 2.05) is 4.90 Å². The van der Waals surface area contributed by atoms with Crippen LogP contribution in [-0.4, -0.2) is 71.5 Å². The van der Waals surface area contributed by atoms with Crippen molar-refractivity contribution in [3.05, 3.63) is 17.3 Å². The Kier molecular flexibility index (Phi) is 5.51. The quantitative estimate of drug-likeness (QED) is 0.449. The van der Waals surface area contributed by atoms with Gasteiger partial charge in [-0.15, -0.1) is 20.4 Å². The molecule has 2 saturated heterocycles. The lowest BCUT2D eigenvalue weighted by atomic mass is 9.77. The fourth-order valence-corrected chi connectivity index (χ4v) is 6.76. The van der Waals surface area contributed by atoms with Crippen molar-refractivity contribution < 1.29 is 30.7 Å². The Morgan fingerprint density at radius 2 is 1.75 bits per heavy atom. The first-order valence-corrected chi connectivity index (χ1v) is 13.6. The summed E-state index contributed by atoms with van der Waals surface area (Å²) in [7, 11) is -4.36. The van der Waals surface area contributed by atoms with E-state index in [0.717, 1.165) is 12.8 Å². The summed E-state index contributed by atoms with van der Waals surface area (Å²) in [5, 5.41) is 15.0. The number of sulfonamides is 1. The van der Waals surface area contributed by atoms with Crippen LogP contribution < -0.4 is 9.62 Å². The average molecular weight is 548 g/mol. The Labute approximate surface area is 206 Å². The zero-order valence-electron chi connectivity index (χ0n) is 18.7. The summed E-state index contributed by atoms with van der Waals surface area (Å²) in [5.41, 5.74) is -0.914. The highest BCUT2D eigenvalue weighted by molar-refractivity contribution is 7.89. The molecular weight excluding hydrogens is 526 g/mol. The average Bonchev–Trinajstić information content (AvgIpc) is 3.24. The van der Waals surface area contributed by atoms with Crippen molar-refractivity contribution in [2.45, 2.75) is 49.0 Å². The summed E-state index contributed by atoms with van der Waals surface area (Å²) in [5.74, 6) is 0.0311. The molecule has 6 rings (SSSR count). The zero-order chi connectivity index (χ0) is 25.3. The van der Waals surface area contributed by atoms with E-state index < -0.39 is 33.4 Å². The van der Waals surface area contributed by atoms with Crippen LogP contribution in [0.2, 0.25) is 0 Å². The zero-order valence-corrected chi connectivity index (χ0v) is 20.3. The number of nitrogens with one attached hydrogen (secondary N) is 1. The number of halogens is 4. The largest absolute Gasteiger partial charge is 0.380 e. The minimum absolute atomic E-state index is 0.0294. The molecule has 0 atom stereocenters. The van der Waals surface area contributed by atoms with E-state index in [9.17, 15) is 26.0 Å². The highest BCUT2D eigenvalue weighted by atomic mass is 32.2. The third-order valence-corrected chi connectivity index (χ3v) is 9.56. The lowest BCUT2D eigenvalue weighted by molar-refractivity contribution is -0.124. The molecule has 36 heavy (non-hydrogen) atoms. The molecule has 16 heteroatoms. The monoisotopic (exact) mass is 547 g/mol. The molecule has 1 aliphatic carbocycles. The fourth-order valence-electron chi connectivity index (χ4n) is 4.62. The first kappa shape index (κ1) is 23.9. The van der Waals surface area contributed by atoms with Crippen molar-refractivity contribution in [3.8, 4) is 10.8 Å². The van der Waals surface area contributed by atoms with Gasteiger partial charge in [0, 0.05) is 24.7 Å². The van der Waals surface area contributed by atoms with Crippen molar-refractivity contribution >= 4 is 32.7 Å². The summed E-state index contributed by atoms with van der Waals surface area (Å²) >= 11 is 0.615. The van der Waals surface area contributed by atoms with Crippen molar-refractivity contribution in [1.29, 1.82) is 0 Å². The van der Waals surface area contributed by atoms with Crippen LogP contribution in [-0.2, 0) is 14.8 Å². The maximum absolute atomic E-state index is 13.5. The maximum atomic E-state index is 13.5. The van der Waals surface area contributed by atoms with Gasteiger partial charge in [-0.25, -0.2) is 26.0 Å². The molecule has 3 aromatic heterocycles. The van der Waals surface area contributed by atoms with Gasteiger partial charge in [-0.2, -0.15) is 4.72 Å². The molecule has 0 bridgehead atoms. The molecule has 2 aliphatic heterocycles. The van der Waals surface area contributed by atoms with E-state index in [2.05, 4.69) is 25.1 Å². The second kappa shape index (κ2) is 8.29. The van der Waals surface area contributed by atoms with Crippen LogP contribution in [0.25, 0.3) is 16.5 Å². The lowest BCUT2D eigenvalue weighted by Gasteiger charge is -2.47. The van der Waals surface area contributed by atoms with Crippen LogP contribution in [0.1, 0.15) is 37.1 Å². The van der Waals surface area contributed by atoms with Crippen LogP contribution in [0.4, 0.5) is 23.2 Å². The highest BCUT2D eigenvalue weighted by Crippen LogP contribution is 2.43. The van der Waals surface area contributed by atoms with Crippen molar-refractivity contribution in [2.24, 2.45) is 5.41 Å². The van der Waals surface area contributed by atoms with E-state index in [-0.39, 0.29) is 34.0 Å². The molecule has 10 nitrogen and oxygen atoms in total. The van der Waals surface area contributed by atoms with E-state index in [1.54, 1.807) is 0 Å². The van der Waals surface area contributed by atoms with Crippen molar-refractivity contribution in [3.63, 3.8) is 0 Å². The Hall–Kier alpha value is -2.43. The number of rotatable bonds is 7. The molecule has 0 aromatic carbocycles. The van der Waals surface area contributed by atoms with Gasteiger partial charge in [0.2, 0.25) is 10.0 Å². The molecule has 0 radical (unpaired) electrons. The molecule has 194 valence electrons. The number of aromatic nitrogens is 5. The molecule has 1 spiro atoms. The van der Waals surface area contributed by atoms with E-state index in [0.29, 0.717) is 49.0 Å². The smallest absolute Gasteiger partial charge is 0.291 e. The number of hydrogen-bond acceptors (Lipinski definition) is 9. The van der Waals surface area contributed by atoms with E-state index in [1.165, 1.54) is 16.7 Å². The number of anilines is 1. The standard InChI is InChI=1S/C20H21F4N7O3S2/c21-13(22)16-27-28-17(35-16)15-26-25-14-12(30-5-3-19(4-6-30)9-34-10-19)7-11(8-31(14)15)36(32,33)29-20(1-2-20)18(23)24/h7-8,13,18,29H,1-6,9-10H2. The third kappa shape index (κ3) is 3.94. The summed E-state index contributed by atoms with van der Waals surface area (Å²) in [6.07, 6.45) is -2.74. The molecule has 0 amide bonds. The molecule has 3 aromatic rings. The minimum atomic E-state index is -4.36. The van der Waals surface area contributed by atoms with E-state index in [4.69, 9.17) is 4.74 Å². The van der Waals surface area contributed by atoms with Crippen LogP contribution in [0.3, 0.4) is 0 Å². The fraction of sp³-hybridized carbons (Fsp3) is 0.600. The summed E-state index contributed by atoms with van der Waals surface area (Å²) in [4.78, 5) is 1.71. The number of piperidine rings is 1. The molecular formula is C20H21F4N7O3S2. The second-order valence-corrected chi connectivity index (χ2v) is 12.3. The first-order valence-electron chi connectivity index (χ1n) is 11.3. The van der Waals surface area contributed by atoms with Gasteiger partial charge in [0.05, 0.1) is 24.4 Å². The van der Waals surface area contributed by atoms with E-state index >= 15 is 0 Å². The Morgan fingerprint density at radius 3 is 2.31 bits per heavy atom. The van der Waals surface area contributed by atoms with Crippen LogP contribution in [0, 0.1) is 5.41 Å². The lowest BCUT2D eigenvalue weighted by Crippen LogP contribution is -2.51. The Morgan fingerprint density at radius 1 is 1.03 bits per heavy atom. The number of nitrogens with zero attached hydrogens (tertiary/aromatic N) is 6. The van der Waals surface area contributed by atoms with Gasteiger partial charge in [0.25, 0.3) is 12.9 Å². The number of pyridine rings is 1. The first-order chi connectivity index (χ1) is 17.1. The predicted molar refractivity (Wildman–Crippen MR) is 120 cm³/mol. The normalized spacial score (nSPS) is 21.0. The van der Waals surface area contributed by atoms with Crippen LogP contribution in [0.5, 0.6) is 0 Å². The second-order valence-electron chi connectivity index (χ2n) is 9.57. The SMILES string of the molecule is O=S(=O)(NC1(C(F)F)CC1)c1cc(N2CCC3(CC2)COC3)c2nnc(-c3nnc(C(F)F)s3)n2c1. The van der Waals surface area contributed by atoms with Crippen LogP contribution in [0.15, 0.2) is 17.2 Å². The van der Waals surface area contributed by atoms with Gasteiger partial charge in [-0.1, -0.05) is 11.3 Å². The van der Waals surface area contributed by atoms with Gasteiger partial charge in [-0.05, 0) is 31.7 Å². The Balaban J connectivity index is 1.44. The highest BCUT2D eigenvalue weighted by Gasteiger charge is 2.54. The number of hydrogen-bond donors (Lipinski definition) is 1. The summed E-state index contributed by atoms with van der Waals surface area (Å²) in [6.45, 7) is 2.58. The van der Waals surface area contributed by atoms with Crippen LogP contribution >= 0.6 is 11.3 Å². The summed E-state index contributed by atoms with van der Waals surface area (Å²) < 4.78 is 88.6. The topological polar surface area (TPSA) is 115 Å². The molecule has 5 heterocycles. The van der Waals surface area contributed by atoms with Gasteiger partial charge >= 0.3 is 0 Å². The van der Waals surface area contributed by atoms with Gasteiger partial charge in [0.15, 0.2) is 21.5 Å².